The summed E-state index contributed by atoms with van der Waals surface area (Å²) in [6, 6.07) is 6.49. The van der Waals surface area contributed by atoms with Crippen molar-refractivity contribution >= 4 is 34.7 Å². The van der Waals surface area contributed by atoms with Gasteiger partial charge in [0.1, 0.15) is 6.04 Å². The molecule has 0 saturated heterocycles. The van der Waals surface area contributed by atoms with Gasteiger partial charge in [-0.15, -0.1) is 11.3 Å². The third-order valence-electron chi connectivity index (χ3n) is 5.98. The summed E-state index contributed by atoms with van der Waals surface area (Å²) in [5.41, 5.74) is 0.726. The maximum Gasteiger partial charge on any atom is 0.248 e. The largest absolute Gasteiger partial charge is 0.382 e. The second-order valence-electron chi connectivity index (χ2n) is 8.78. The van der Waals surface area contributed by atoms with Crippen molar-refractivity contribution in [1.82, 2.24) is 15.6 Å². The van der Waals surface area contributed by atoms with Gasteiger partial charge in [-0.3, -0.25) is 19.2 Å². The van der Waals surface area contributed by atoms with Crippen LogP contribution in [0.4, 0.5) is 8.78 Å². The summed E-state index contributed by atoms with van der Waals surface area (Å²) in [4.78, 5) is 55.4. The Bertz CT molecular complexity index is 1050. The first-order valence-corrected chi connectivity index (χ1v) is 12.5. The number of thiazole rings is 1. The van der Waals surface area contributed by atoms with E-state index in [1.807, 2.05) is 0 Å². The van der Waals surface area contributed by atoms with Crippen LogP contribution in [-0.4, -0.2) is 60.1 Å². The molecule has 0 aliphatic heterocycles. The van der Waals surface area contributed by atoms with Gasteiger partial charge in [0.05, 0.1) is 17.7 Å². The van der Waals surface area contributed by atoms with Crippen LogP contribution in [0.15, 0.2) is 41.9 Å². The van der Waals surface area contributed by atoms with E-state index in [0.717, 1.165) is 10.6 Å². The van der Waals surface area contributed by atoms with Crippen LogP contribution in [0.2, 0.25) is 0 Å². The zero-order valence-corrected chi connectivity index (χ0v) is 20.7. The Kier molecular flexibility index (Phi) is 9.77. The Morgan fingerprint density at radius 3 is 2.53 bits per heavy atom. The zero-order valence-electron chi connectivity index (χ0n) is 19.9. The Morgan fingerprint density at radius 1 is 1.17 bits per heavy atom. The number of ether oxygens (including phenoxy) is 1. The molecule has 0 bridgehead atoms. The summed E-state index contributed by atoms with van der Waals surface area (Å²) < 4.78 is 32.1. The molecule has 1 fully saturated rings. The molecule has 11 heteroatoms. The third-order valence-corrected chi connectivity index (χ3v) is 6.82. The smallest absolute Gasteiger partial charge is 0.248 e. The fourth-order valence-corrected chi connectivity index (χ4v) is 4.68. The molecule has 1 heterocycles. The highest BCUT2D eigenvalue weighted by Crippen LogP contribution is 2.38. The minimum Gasteiger partial charge on any atom is -0.382 e. The van der Waals surface area contributed by atoms with Crippen LogP contribution in [0.1, 0.15) is 36.3 Å². The lowest BCUT2D eigenvalue weighted by atomic mass is 9.97. The van der Waals surface area contributed by atoms with E-state index in [9.17, 15) is 28.0 Å². The van der Waals surface area contributed by atoms with E-state index in [1.54, 1.807) is 41.9 Å². The molecule has 1 aliphatic carbocycles. The van der Waals surface area contributed by atoms with Gasteiger partial charge in [-0.05, 0) is 12.0 Å². The Morgan fingerprint density at radius 2 is 1.92 bits per heavy atom. The lowest BCUT2D eigenvalue weighted by Gasteiger charge is -2.23. The fraction of sp³-hybridized carbons (Fsp3) is 0.480. The molecule has 1 aliphatic rings. The van der Waals surface area contributed by atoms with Gasteiger partial charge in [0.2, 0.25) is 29.3 Å². The number of ketones is 2. The number of amides is 2. The molecule has 36 heavy (non-hydrogen) atoms. The van der Waals surface area contributed by atoms with Gasteiger partial charge in [0.15, 0.2) is 0 Å². The minimum absolute atomic E-state index is 0.0167. The monoisotopic (exact) mass is 521 g/mol. The highest BCUT2D eigenvalue weighted by atomic mass is 32.1. The average Bonchev–Trinajstić information content (AvgIpc) is 3.51. The number of rotatable bonds is 13. The zero-order chi connectivity index (χ0) is 26.1. The van der Waals surface area contributed by atoms with E-state index in [1.165, 1.54) is 18.4 Å². The number of halogens is 2. The number of aryl methyl sites for hydroxylation is 1. The summed E-state index contributed by atoms with van der Waals surface area (Å²) in [7, 11) is 1.32. The third kappa shape index (κ3) is 7.99. The van der Waals surface area contributed by atoms with Gasteiger partial charge in [0, 0.05) is 56.7 Å². The first-order chi connectivity index (χ1) is 17.2. The maximum absolute atomic E-state index is 13.5. The molecule has 2 amide bonds. The highest BCUT2D eigenvalue weighted by molar-refractivity contribution is 7.09. The summed E-state index contributed by atoms with van der Waals surface area (Å²) in [5, 5.41) is 7.53. The van der Waals surface area contributed by atoms with E-state index < -0.39 is 53.7 Å². The topological polar surface area (TPSA) is 114 Å². The van der Waals surface area contributed by atoms with Crippen molar-refractivity contribution in [3.8, 4) is 0 Å². The van der Waals surface area contributed by atoms with Crippen molar-refractivity contribution in [3.63, 3.8) is 0 Å². The number of hydrogen-bond acceptors (Lipinski definition) is 7. The van der Waals surface area contributed by atoms with Crippen molar-refractivity contribution in [2.75, 3.05) is 13.7 Å². The number of benzene rings is 1. The standard InChI is InChI=1S/C25H29F2N3O5S/c1-35-15-19(30-23(33)17-9-10-25(26,27)14-17)24(34)29-18(13-16-5-3-2-4-6-16)22(32)20(31)7-8-21-28-11-12-36-21/h2-6,11-12,17-19H,7-10,13-15H2,1H3,(H,29,34)(H,30,33)/t17?,18-,19?/m1/s1. The molecule has 194 valence electrons. The number of hydrogen-bond donors (Lipinski definition) is 2. The van der Waals surface area contributed by atoms with E-state index in [-0.39, 0.29) is 32.3 Å². The molecule has 1 saturated carbocycles. The molecule has 8 nitrogen and oxygen atoms in total. The number of Topliss-reactive ketones (excluding diaryl/α,β-unsaturated/α-hetero) is 2. The molecule has 2 N–H and O–H groups in total. The van der Waals surface area contributed by atoms with Crippen LogP contribution in [0.3, 0.4) is 0 Å². The van der Waals surface area contributed by atoms with Crippen LogP contribution in [0, 0.1) is 5.92 Å². The summed E-state index contributed by atoms with van der Waals surface area (Å²) >= 11 is 1.38. The molecule has 3 rings (SSSR count). The molecule has 0 spiro atoms. The number of methoxy groups -OCH3 is 1. The van der Waals surface area contributed by atoms with E-state index in [0.29, 0.717) is 6.42 Å². The molecule has 1 aromatic carbocycles. The van der Waals surface area contributed by atoms with Crippen molar-refractivity contribution in [2.45, 2.75) is 56.5 Å². The summed E-state index contributed by atoms with van der Waals surface area (Å²) in [6.07, 6.45) is 0.984. The fourth-order valence-electron chi connectivity index (χ4n) is 4.06. The van der Waals surface area contributed by atoms with Crippen LogP contribution in [0.5, 0.6) is 0 Å². The number of nitrogens with zero attached hydrogens (tertiary/aromatic N) is 1. The predicted molar refractivity (Wildman–Crippen MR) is 129 cm³/mol. The summed E-state index contributed by atoms with van der Waals surface area (Å²) in [6.45, 7) is -0.231. The quantitative estimate of drug-likeness (QED) is 0.392. The molecule has 0 radical (unpaired) electrons. The van der Waals surface area contributed by atoms with Gasteiger partial charge < -0.3 is 15.4 Å². The van der Waals surface area contributed by atoms with Gasteiger partial charge in [0.25, 0.3) is 0 Å². The molecule has 2 unspecified atom stereocenters. The highest BCUT2D eigenvalue weighted by Gasteiger charge is 2.43. The van der Waals surface area contributed by atoms with Crippen LogP contribution in [0.25, 0.3) is 0 Å². The van der Waals surface area contributed by atoms with E-state index in [2.05, 4.69) is 15.6 Å². The SMILES string of the molecule is COCC(NC(=O)C1CCC(F)(F)C1)C(=O)N[C@H](Cc1ccccc1)C(=O)C(=O)CCc1nccs1. The number of alkyl halides is 2. The number of nitrogens with one attached hydrogen (secondary N) is 2. The first kappa shape index (κ1) is 27.5. The normalized spacial score (nSPS) is 18.2. The Balaban J connectivity index is 1.69. The van der Waals surface area contributed by atoms with Gasteiger partial charge in [-0.1, -0.05) is 30.3 Å². The molecular formula is C25H29F2N3O5S. The van der Waals surface area contributed by atoms with Gasteiger partial charge >= 0.3 is 0 Å². The minimum atomic E-state index is -2.91. The van der Waals surface area contributed by atoms with Crippen LogP contribution in [-0.2, 0) is 36.8 Å². The van der Waals surface area contributed by atoms with Crippen molar-refractivity contribution in [2.24, 2.45) is 5.92 Å². The predicted octanol–water partition coefficient (Wildman–Crippen LogP) is 2.51. The Labute approximate surface area is 211 Å². The van der Waals surface area contributed by atoms with Crippen molar-refractivity contribution < 1.29 is 32.7 Å². The lowest BCUT2D eigenvalue weighted by molar-refractivity contribution is -0.139. The molecular weight excluding hydrogens is 492 g/mol. The first-order valence-electron chi connectivity index (χ1n) is 11.7. The van der Waals surface area contributed by atoms with E-state index >= 15 is 0 Å². The second kappa shape index (κ2) is 12.8. The second-order valence-corrected chi connectivity index (χ2v) is 9.76. The lowest BCUT2D eigenvalue weighted by Crippen LogP contribution is -2.55. The average molecular weight is 522 g/mol. The number of carbonyl (C=O) groups excluding carboxylic acids is 4. The van der Waals surface area contributed by atoms with Crippen LogP contribution >= 0.6 is 11.3 Å². The molecule has 1 aromatic heterocycles. The number of aromatic nitrogens is 1. The van der Waals surface area contributed by atoms with Crippen LogP contribution < -0.4 is 10.6 Å². The Hall–Kier alpha value is -3.05. The van der Waals surface area contributed by atoms with Crippen molar-refractivity contribution in [3.05, 3.63) is 52.5 Å². The summed E-state index contributed by atoms with van der Waals surface area (Å²) in [5.74, 6) is -6.64. The van der Waals surface area contributed by atoms with Gasteiger partial charge in [-0.25, -0.2) is 13.8 Å². The van der Waals surface area contributed by atoms with E-state index in [4.69, 9.17) is 4.74 Å². The molecule has 3 atom stereocenters. The van der Waals surface area contributed by atoms with Gasteiger partial charge in [-0.2, -0.15) is 0 Å². The van der Waals surface area contributed by atoms with Crippen molar-refractivity contribution in [1.29, 1.82) is 0 Å². The molecule has 2 aromatic rings. The number of carbonyl (C=O) groups is 4. The maximum atomic E-state index is 13.5.